The van der Waals surface area contributed by atoms with Crippen LogP contribution in [-0.2, 0) is 11.3 Å². The van der Waals surface area contributed by atoms with Crippen molar-refractivity contribution in [2.45, 2.75) is 31.3 Å². The number of rotatable bonds is 8. The molecular weight excluding hydrogens is 286 g/mol. The van der Waals surface area contributed by atoms with E-state index in [1.807, 2.05) is 12.1 Å². The van der Waals surface area contributed by atoms with Gasteiger partial charge in [0.15, 0.2) is 0 Å². The third-order valence-electron chi connectivity index (χ3n) is 4.46. The van der Waals surface area contributed by atoms with Gasteiger partial charge in [-0.15, -0.1) is 0 Å². The Hall–Kier alpha value is -1.84. The molecule has 0 atom stereocenters. The van der Waals surface area contributed by atoms with Gasteiger partial charge in [-0.25, -0.2) is 0 Å². The molecule has 1 N–H and O–H groups in total. The summed E-state index contributed by atoms with van der Waals surface area (Å²) in [7, 11) is 1.69. The minimum atomic E-state index is 0.592. The average Bonchev–Trinajstić information content (AvgIpc) is 2.55. The first-order valence-corrected chi connectivity index (χ1v) is 8.34. The van der Waals surface area contributed by atoms with E-state index in [2.05, 4.69) is 47.8 Å². The standard InChI is InChI=1S/C20H25NO2/c1-22-10-11-23-20-9-5-6-16(12-20)15-21-19-13-18(14-19)17-7-3-2-4-8-17/h2-9,12,18-19,21H,10-11,13-15H2,1H3. The minimum absolute atomic E-state index is 0.592. The molecule has 23 heavy (non-hydrogen) atoms. The fraction of sp³-hybridized carbons (Fsp3) is 0.400. The molecule has 0 unspecified atom stereocenters. The molecule has 3 nitrogen and oxygen atoms in total. The van der Waals surface area contributed by atoms with Gasteiger partial charge in [-0.2, -0.15) is 0 Å². The molecule has 0 amide bonds. The van der Waals surface area contributed by atoms with Crippen molar-refractivity contribution < 1.29 is 9.47 Å². The fourth-order valence-corrected chi connectivity index (χ4v) is 3.03. The van der Waals surface area contributed by atoms with E-state index < -0.39 is 0 Å². The van der Waals surface area contributed by atoms with Gasteiger partial charge >= 0.3 is 0 Å². The Kier molecular flexibility index (Phi) is 5.67. The van der Waals surface area contributed by atoms with Crippen molar-refractivity contribution in [1.29, 1.82) is 0 Å². The van der Waals surface area contributed by atoms with Crippen molar-refractivity contribution in [1.82, 2.24) is 5.32 Å². The van der Waals surface area contributed by atoms with E-state index in [4.69, 9.17) is 9.47 Å². The Labute approximate surface area is 138 Å². The predicted octanol–water partition coefficient (Wildman–Crippen LogP) is 3.75. The van der Waals surface area contributed by atoms with Crippen LogP contribution in [0.15, 0.2) is 54.6 Å². The molecule has 2 aromatic rings. The topological polar surface area (TPSA) is 30.5 Å². The van der Waals surface area contributed by atoms with Crippen LogP contribution in [0.3, 0.4) is 0 Å². The Balaban J connectivity index is 1.42. The molecule has 1 saturated carbocycles. The first kappa shape index (κ1) is 16.0. The number of hydrogen-bond acceptors (Lipinski definition) is 3. The van der Waals surface area contributed by atoms with Crippen LogP contribution in [0.5, 0.6) is 5.75 Å². The number of nitrogens with one attached hydrogen (secondary N) is 1. The number of benzene rings is 2. The van der Waals surface area contributed by atoms with Crippen molar-refractivity contribution in [3.8, 4) is 5.75 Å². The Morgan fingerprint density at radius 2 is 1.83 bits per heavy atom. The smallest absolute Gasteiger partial charge is 0.119 e. The lowest BCUT2D eigenvalue weighted by Gasteiger charge is -2.36. The molecule has 0 saturated heterocycles. The van der Waals surface area contributed by atoms with Gasteiger partial charge in [-0.05, 0) is 42.0 Å². The highest BCUT2D eigenvalue weighted by Gasteiger charge is 2.29. The van der Waals surface area contributed by atoms with Crippen LogP contribution in [0.4, 0.5) is 0 Å². The molecule has 0 spiro atoms. The van der Waals surface area contributed by atoms with E-state index in [0.29, 0.717) is 19.3 Å². The summed E-state index contributed by atoms with van der Waals surface area (Å²) in [4.78, 5) is 0. The van der Waals surface area contributed by atoms with Gasteiger partial charge in [0.1, 0.15) is 12.4 Å². The highest BCUT2D eigenvalue weighted by Crippen LogP contribution is 2.36. The van der Waals surface area contributed by atoms with Crippen LogP contribution in [0.25, 0.3) is 0 Å². The van der Waals surface area contributed by atoms with E-state index >= 15 is 0 Å². The first-order valence-electron chi connectivity index (χ1n) is 8.34. The molecule has 0 aromatic heterocycles. The highest BCUT2D eigenvalue weighted by atomic mass is 16.5. The Morgan fingerprint density at radius 3 is 2.61 bits per heavy atom. The number of ether oxygens (including phenoxy) is 2. The van der Waals surface area contributed by atoms with E-state index in [1.165, 1.54) is 24.0 Å². The van der Waals surface area contributed by atoms with Gasteiger partial charge in [0.2, 0.25) is 0 Å². The summed E-state index contributed by atoms with van der Waals surface area (Å²) in [6, 6.07) is 19.7. The number of methoxy groups -OCH3 is 1. The predicted molar refractivity (Wildman–Crippen MR) is 92.9 cm³/mol. The SMILES string of the molecule is COCCOc1cccc(CNC2CC(c3ccccc3)C2)c1. The van der Waals surface area contributed by atoms with Crippen LogP contribution < -0.4 is 10.1 Å². The molecular formula is C20H25NO2. The third kappa shape index (κ3) is 4.57. The summed E-state index contributed by atoms with van der Waals surface area (Å²) in [5.74, 6) is 1.63. The summed E-state index contributed by atoms with van der Waals surface area (Å²) >= 11 is 0. The van der Waals surface area contributed by atoms with Crippen LogP contribution in [0.1, 0.15) is 29.9 Å². The second-order valence-corrected chi connectivity index (χ2v) is 6.15. The second kappa shape index (κ2) is 8.14. The van der Waals surface area contributed by atoms with Gasteiger partial charge < -0.3 is 14.8 Å². The van der Waals surface area contributed by atoms with E-state index in [9.17, 15) is 0 Å². The maximum Gasteiger partial charge on any atom is 0.119 e. The quantitative estimate of drug-likeness (QED) is 0.753. The van der Waals surface area contributed by atoms with Gasteiger partial charge in [0.25, 0.3) is 0 Å². The molecule has 0 bridgehead atoms. The average molecular weight is 311 g/mol. The van der Waals surface area contributed by atoms with Gasteiger partial charge in [0.05, 0.1) is 6.61 Å². The van der Waals surface area contributed by atoms with Crippen LogP contribution in [0, 0.1) is 0 Å². The normalized spacial score (nSPS) is 20.0. The van der Waals surface area contributed by atoms with Gasteiger partial charge in [0, 0.05) is 19.7 Å². The zero-order valence-corrected chi connectivity index (χ0v) is 13.7. The number of hydrogen-bond donors (Lipinski definition) is 1. The third-order valence-corrected chi connectivity index (χ3v) is 4.46. The van der Waals surface area contributed by atoms with Crippen LogP contribution in [-0.4, -0.2) is 26.4 Å². The fourth-order valence-electron chi connectivity index (χ4n) is 3.03. The highest BCUT2D eigenvalue weighted by molar-refractivity contribution is 5.29. The maximum absolute atomic E-state index is 5.66. The zero-order chi connectivity index (χ0) is 15.9. The summed E-state index contributed by atoms with van der Waals surface area (Å²) in [5, 5.41) is 3.65. The molecule has 0 radical (unpaired) electrons. The van der Waals surface area contributed by atoms with E-state index in [1.54, 1.807) is 7.11 Å². The lowest BCUT2D eigenvalue weighted by atomic mass is 9.76. The van der Waals surface area contributed by atoms with Crippen molar-refractivity contribution in [3.63, 3.8) is 0 Å². The zero-order valence-electron chi connectivity index (χ0n) is 13.7. The summed E-state index contributed by atoms with van der Waals surface area (Å²) in [6.07, 6.45) is 2.46. The molecule has 3 heteroatoms. The van der Waals surface area contributed by atoms with Crippen molar-refractivity contribution in [3.05, 3.63) is 65.7 Å². The lowest BCUT2D eigenvalue weighted by Crippen LogP contribution is -2.39. The maximum atomic E-state index is 5.66. The molecule has 2 aromatic carbocycles. The minimum Gasteiger partial charge on any atom is -0.491 e. The Bertz CT molecular complexity index is 594. The second-order valence-electron chi connectivity index (χ2n) is 6.15. The summed E-state index contributed by atoms with van der Waals surface area (Å²) in [5.41, 5.74) is 2.74. The molecule has 3 rings (SSSR count). The van der Waals surface area contributed by atoms with Crippen LogP contribution in [0.2, 0.25) is 0 Å². The molecule has 1 aliphatic rings. The largest absolute Gasteiger partial charge is 0.491 e. The molecule has 1 aliphatic carbocycles. The molecule has 122 valence electrons. The first-order chi connectivity index (χ1) is 11.3. The van der Waals surface area contributed by atoms with Crippen molar-refractivity contribution >= 4 is 0 Å². The van der Waals surface area contributed by atoms with E-state index in [0.717, 1.165) is 18.2 Å². The van der Waals surface area contributed by atoms with Gasteiger partial charge in [-0.3, -0.25) is 0 Å². The Morgan fingerprint density at radius 1 is 1.00 bits per heavy atom. The lowest BCUT2D eigenvalue weighted by molar-refractivity contribution is 0.146. The molecule has 0 aliphatic heterocycles. The van der Waals surface area contributed by atoms with Gasteiger partial charge in [-0.1, -0.05) is 42.5 Å². The summed E-state index contributed by atoms with van der Waals surface area (Å²) in [6.45, 7) is 2.11. The van der Waals surface area contributed by atoms with Crippen molar-refractivity contribution in [2.24, 2.45) is 0 Å². The monoisotopic (exact) mass is 311 g/mol. The van der Waals surface area contributed by atoms with E-state index in [-0.39, 0.29) is 0 Å². The molecule has 0 heterocycles. The molecule has 1 fully saturated rings. The summed E-state index contributed by atoms with van der Waals surface area (Å²) < 4.78 is 10.7. The van der Waals surface area contributed by atoms with Crippen LogP contribution >= 0.6 is 0 Å². The van der Waals surface area contributed by atoms with Crippen molar-refractivity contribution in [2.75, 3.05) is 20.3 Å².